The number of carbonyl (C=O) groups is 1. The van der Waals surface area contributed by atoms with Gasteiger partial charge in [0.2, 0.25) is 5.91 Å². The Kier molecular flexibility index (Phi) is 5.61. The van der Waals surface area contributed by atoms with E-state index >= 15 is 0 Å². The summed E-state index contributed by atoms with van der Waals surface area (Å²) in [5.74, 6) is 4.62. The van der Waals surface area contributed by atoms with E-state index in [0.29, 0.717) is 5.75 Å². The van der Waals surface area contributed by atoms with E-state index in [1.165, 1.54) is 17.8 Å². The maximum atomic E-state index is 13.1. The molecule has 0 aliphatic heterocycles. The van der Waals surface area contributed by atoms with Crippen LogP contribution >= 0.6 is 23.4 Å². The molecule has 1 atom stereocenters. The molecule has 3 nitrogen and oxygen atoms in total. The lowest BCUT2D eigenvalue weighted by Gasteiger charge is -2.15. The van der Waals surface area contributed by atoms with Gasteiger partial charge in [-0.2, -0.15) is 0 Å². The summed E-state index contributed by atoms with van der Waals surface area (Å²) < 4.78 is 13.1. The highest BCUT2D eigenvalue weighted by Gasteiger charge is 2.20. The zero-order valence-corrected chi connectivity index (χ0v) is 12.6. The van der Waals surface area contributed by atoms with Crippen LogP contribution in [0.25, 0.3) is 0 Å². The van der Waals surface area contributed by atoms with Crippen LogP contribution in [0.5, 0.6) is 0 Å². The molecule has 0 spiro atoms. The smallest absolute Gasteiger partial charge is 0.242 e. The Morgan fingerprint density at radius 2 is 2.00 bits per heavy atom. The van der Waals surface area contributed by atoms with Crippen molar-refractivity contribution in [3.8, 4) is 0 Å². The van der Waals surface area contributed by atoms with Crippen LogP contribution in [0.2, 0.25) is 5.02 Å². The molecule has 0 aliphatic carbocycles. The normalized spacial score (nSPS) is 12.0. The number of nitrogens with one attached hydrogen (secondary N) is 1. The molecule has 3 N–H and O–H groups in total. The lowest BCUT2D eigenvalue weighted by atomic mass is 10.0. The largest absolute Gasteiger partial charge is 0.294 e. The van der Waals surface area contributed by atoms with E-state index in [4.69, 9.17) is 17.4 Å². The SMILES string of the molecule is NNC(=O)C(CSc1ccc(F)c(Cl)c1)c1ccccc1. The van der Waals surface area contributed by atoms with Crippen molar-refractivity contribution in [2.75, 3.05) is 5.75 Å². The fourth-order valence-electron chi connectivity index (χ4n) is 1.86. The van der Waals surface area contributed by atoms with Crippen LogP contribution in [0.15, 0.2) is 53.4 Å². The second-order valence-corrected chi connectivity index (χ2v) is 5.86. The van der Waals surface area contributed by atoms with E-state index in [2.05, 4.69) is 5.43 Å². The standard InChI is InChI=1S/C15H14ClFN2OS/c16-13-8-11(6-7-14(13)17)21-9-12(15(20)19-18)10-4-2-1-3-5-10/h1-8,12H,9,18H2,(H,19,20). The zero-order valence-electron chi connectivity index (χ0n) is 11.1. The number of rotatable bonds is 5. The van der Waals surface area contributed by atoms with Crippen LogP contribution in [-0.2, 0) is 4.79 Å². The fourth-order valence-corrected chi connectivity index (χ4v) is 3.17. The summed E-state index contributed by atoms with van der Waals surface area (Å²) in [4.78, 5) is 12.7. The average Bonchev–Trinajstić information content (AvgIpc) is 2.51. The van der Waals surface area contributed by atoms with E-state index in [0.717, 1.165) is 10.5 Å². The predicted molar refractivity (Wildman–Crippen MR) is 83.6 cm³/mol. The van der Waals surface area contributed by atoms with Crippen LogP contribution in [0.4, 0.5) is 4.39 Å². The van der Waals surface area contributed by atoms with Crippen LogP contribution in [-0.4, -0.2) is 11.7 Å². The highest BCUT2D eigenvalue weighted by atomic mass is 35.5. The number of benzene rings is 2. The molecule has 1 amide bonds. The van der Waals surface area contributed by atoms with Crippen LogP contribution in [0.3, 0.4) is 0 Å². The Bertz CT molecular complexity index is 624. The molecular weight excluding hydrogens is 311 g/mol. The van der Waals surface area contributed by atoms with E-state index in [9.17, 15) is 9.18 Å². The van der Waals surface area contributed by atoms with Gasteiger partial charge in [0.1, 0.15) is 5.82 Å². The summed E-state index contributed by atoms with van der Waals surface area (Å²) in [6.07, 6.45) is 0. The Balaban J connectivity index is 2.12. The molecule has 110 valence electrons. The van der Waals surface area contributed by atoms with Gasteiger partial charge < -0.3 is 0 Å². The third-order valence-electron chi connectivity index (χ3n) is 2.97. The van der Waals surface area contributed by atoms with Crippen molar-refractivity contribution in [3.05, 3.63) is 64.9 Å². The molecular formula is C15H14ClFN2OS. The van der Waals surface area contributed by atoms with Gasteiger partial charge >= 0.3 is 0 Å². The van der Waals surface area contributed by atoms with Gasteiger partial charge in [-0.25, -0.2) is 10.2 Å². The summed E-state index contributed by atoms with van der Waals surface area (Å²) in [6.45, 7) is 0. The molecule has 2 aromatic rings. The second kappa shape index (κ2) is 7.45. The highest BCUT2D eigenvalue weighted by molar-refractivity contribution is 7.99. The minimum absolute atomic E-state index is 0.0690. The summed E-state index contributed by atoms with van der Waals surface area (Å²) in [5.41, 5.74) is 3.06. The van der Waals surface area contributed by atoms with Gasteiger partial charge in [0.25, 0.3) is 0 Å². The molecule has 0 aromatic heterocycles. The summed E-state index contributed by atoms with van der Waals surface area (Å²) >= 11 is 7.17. The number of halogens is 2. The van der Waals surface area contributed by atoms with Crippen LogP contribution in [0, 0.1) is 5.82 Å². The monoisotopic (exact) mass is 324 g/mol. The predicted octanol–water partition coefficient (Wildman–Crippen LogP) is 3.34. The summed E-state index contributed by atoms with van der Waals surface area (Å²) in [5, 5.41) is 0.0690. The van der Waals surface area contributed by atoms with Gasteiger partial charge in [0, 0.05) is 10.6 Å². The highest BCUT2D eigenvalue weighted by Crippen LogP contribution is 2.29. The molecule has 0 bridgehead atoms. The maximum Gasteiger partial charge on any atom is 0.242 e. The van der Waals surface area contributed by atoms with Crippen molar-refractivity contribution < 1.29 is 9.18 Å². The first kappa shape index (κ1) is 15.8. The topological polar surface area (TPSA) is 55.1 Å². The summed E-state index contributed by atoms with van der Waals surface area (Å²) in [6, 6.07) is 13.9. The first-order valence-corrected chi connectivity index (χ1v) is 7.61. The van der Waals surface area contributed by atoms with Crippen molar-refractivity contribution in [2.24, 2.45) is 5.84 Å². The zero-order chi connectivity index (χ0) is 15.2. The first-order chi connectivity index (χ1) is 10.1. The average molecular weight is 325 g/mol. The molecule has 0 saturated carbocycles. The third-order valence-corrected chi connectivity index (χ3v) is 4.35. The van der Waals surface area contributed by atoms with Gasteiger partial charge in [-0.1, -0.05) is 41.9 Å². The minimum atomic E-state index is -0.458. The molecule has 21 heavy (non-hydrogen) atoms. The minimum Gasteiger partial charge on any atom is -0.294 e. The number of amides is 1. The van der Waals surface area contributed by atoms with Crippen LogP contribution < -0.4 is 11.3 Å². The number of nitrogens with two attached hydrogens (primary N) is 1. The first-order valence-electron chi connectivity index (χ1n) is 6.25. The van der Waals surface area contributed by atoms with E-state index in [1.54, 1.807) is 12.1 Å². The lowest BCUT2D eigenvalue weighted by Crippen LogP contribution is -2.35. The van der Waals surface area contributed by atoms with Crippen molar-refractivity contribution in [1.29, 1.82) is 0 Å². The molecule has 1 unspecified atom stereocenters. The van der Waals surface area contributed by atoms with E-state index < -0.39 is 5.82 Å². The van der Waals surface area contributed by atoms with Crippen molar-refractivity contribution in [1.82, 2.24) is 5.43 Å². The van der Waals surface area contributed by atoms with Crippen LogP contribution in [0.1, 0.15) is 11.5 Å². The molecule has 0 saturated heterocycles. The van der Waals surface area contributed by atoms with E-state index in [-0.39, 0.29) is 16.8 Å². The molecule has 0 aliphatic rings. The third kappa shape index (κ3) is 4.20. The van der Waals surface area contributed by atoms with Crippen molar-refractivity contribution >= 4 is 29.3 Å². The number of hydrogen-bond acceptors (Lipinski definition) is 3. The van der Waals surface area contributed by atoms with Crippen molar-refractivity contribution in [3.63, 3.8) is 0 Å². The Morgan fingerprint density at radius 1 is 1.29 bits per heavy atom. The quantitative estimate of drug-likeness (QED) is 0.384. The van der Waals surface area contributed by atoms with Gasteiger partial charge in [-0.3, -0.25) is 10.2 Å². The number of thioether (sulfide) groups is 1. The molecule has 0 radical (unpaired) electrons. The molecule has 0 heterocycles. The Morgan fingerprint density at radius 3 is 2.62 bits per heavy atom. The van der Waals surface area contributed by atoms with Gasteiger partial charge in [-0.15, -0.1) is 11.8 Å². The lowest BCUT2D eigenvalue weighted by molar-refractivity contribution is -0.122. The van der Waals surface area contributed by atoms with Crippen molar-refractivity contribution in [2.45, 2.75) is 10.8 Å². The molecule has 6 heteroatoms. The van der Waals surface area contributed by atoms with E-state index in [1.807, 2.05) is 30.3 Å². The molecule has 2 rings (SSSR count). The number of hydrazine groups is 1. The number of carbonyl (C=O) groups excluding carboxylic acids is 1. The Hall–Kier alpha value is -1.56. The number of hydrogen-bond donors (Lipinski definition) is 2. The second-order valence-electron chi connectivity index (χ2n) is 4.36. The van der Waals surface area contributed by atoms with Gasteiger partial charge in [0.05, 0.1) is 10.9 Å². The fraction of sp³-hybridized carbons (Fsp3) is 0.133. The maximum absolute atomic E-state index is 13.1. The molecule has 0 fully saturated rings. The molecule has 2 aromatic carbocycles. The Labute approximate surface area is 131 Å². The van der Waals surface area contributed by atoms with Gasteiger partial charge in [-0.05, 0) is 23.8 Å². The van der Waals surface area contributed by atoms with Gasteiger partial charge in [0.15, 0.2) is 0 Å². The summed E-state index contributed by atoms with van der Waals surface area (Å²) in [7, 11) is 0.